The molecule has 3 aromatic rings. The van der Waals surface area contributed by atoms with Gasteiger partial charge in [0.05, 0.1) is 18.4 Å². The standard InChI is InChI=1S/C18H17FN4S/c1-13-2-4-14(5-3-13)11-23-12-17(10-20-23)22-18(24)21-16-8-6-15(19)7-9-16/h2-10,12H,11H2,1H3,(H2,21,22,24). The van der Waals surface area contributed by atoms with Gasteiger partial charge in [-0.15, -0.1) is 0 Å². The third kappa shape index (κ3) is 4.39. The Kier molecular flexibility index (Phi) is 4.86. The fourth-order valence-electron chi connectivity index (χ4n) is 2.22. The molecule has 0 aliphatic carbocycles. The van der Waals surface area contributed by atoms with Crippen LogP contribution >= 0.6 is 12.2 Å². The molecule has 0 spiro atoms. The summed E-state index contributed by atoms with van der Waals surface area (Å²) in [5.41, 5.74) is 3.93. The van der Waals surface area contributed by atoms with E-state index in [-0.39, 0.29) is 5.82 Å². The van der Waals surface area contributed by atoms with Gasteiger partial charge >= 0.3 is 0 Å². The first-order valence-electron chi connectivity index (χ1n) is 7.50. The second kappa shape index (κ2) is 7.23. The van der Waals surface area contributed by atoms with Crippen LogP contribution in [-0.4, -0.2) is 14.9 Å². The molecule has 0 bridgehead atoms. The lowest BCUT2D eigenvalue weighted by Gasteiger charge is -2.08. The molecule has 2 aromatic carbocycles. The minimum atomic E-state index is -0.281. The Hall–Kier alpha value is -2.73. The zero-order valence-electron chi connectivity index (χ0n) is 13.2. The molecule has 0 saturated heterocycles. The second-order valence-electron chi connectivity index (χ2n) is 5.50. The maximum absolute atomic E-state index is 12.9. The van der Waals surface area contributed by atoms with Crippen LogP contribution in [0, 0.1) is 12.7 Å². The van der Waals surface area contributed by atoms with Crippen LogP contribution < -0.4 is 10.6 Å². The van der Waals surface area contributed by atoms with E-state index in [0.717, 1.165) is 11.4 Å². The van der Waals surface area contributed by atoms with Gasteiger partial charge in [0.2, 0.25) is 0 Å². The maximum atomic E-state index is 12.9. The van der Waals surface area contributed by atoms with Crippen LogP contribution in [0.15, 0.2) is 60.9 Å². The third-order valence-electron chi connectivity index (χ3n) is 3.46. The minimum absolute atomic E-state index is 0.281. The van der Waals surface area contributed by atoms with Crippen LogP contribution in [0.25, 0.3) is 0 Å². The lowest BCUT2D eigenvalue weighted by Crippen LogP contribution is -2.18. The maximum Gasteiger partial charge on any atom is 0.175 e. The largest absolute Gasteiger partial charge is 0.332 e. The highest BCUT2D eigenvalue weighted by Gasteiger charge is 2.03. The van der Waals surface area contributed by atoms with Crippen LogP contribution in [-0.2, 0) is 6.54 Å². The van der Waals surface area contributed by atoms with Gasteiger partial charge < -0.3 is 10.6 Å². The second-order valence-corrected chi connectivity index (χ2v) is 5.91. The van der Waals surface area contributed by atoms with Gasteiger partial charge in [0.25, 0.3) is 0 Å². The molecule has 0 radical (unpaired) electrons. The van der Waals surface area contributed by atoms with Crippen molar-refractivity contribution in [2.24, 2.45) is 0 Å². The number of rotatable bonds is 4. The van der Waals surface area contributed by atoms with E-state index in [1.165, 1.54) is 23.3 Å². The molecule has 0 amide bonds. The zero-order valence-corrected chi connectivity index (χ0v) is 14.0. The SMILES string of the molecule is Cc1ccc(Cn2cc(NC(=S)Nc3ccc(F)cc3)cn2)cc1. The predicted molar refractivity (Wildman–Crippen MR) is 98.8 cm³/mol. The summed E-state index contributed by atoms with van der Waals surface area (Å²) in [6, 6.07) is 14.4. The topological polar surface area (TPSA) is 41.9 Å². The highest BCUT2D eigenvalue weighted by Crippen LogP contribution is 2.12. The number of hydrogen-bond donors (Lipinski definition) is 2. The summed E-state index contributed by atoms with van der Waals surface area (Å²) in [5, 5.41) is 10.8. The van der Waals surface area contributed by atoms with E-state index in [9.17, 15) is 4.39 Å². The van der Waals surface area contributed by atoms with Gasteiger partial charge in [0, 0.05) is 11.9 Å². The minimum Gasteiger partial charge on any atom is -0.332 e. The Morgan fingerprint density at radius 3 is 2.42 bits per heavy atom. The van der Waals surface area contributed by atoms with Gasteiger partial charge in [0.15, 0.2) is 5.11 Å². The Balaban J connectivity index is 1.58. The van der Waals surface area contributed by atoms with E-state index in [0.29, 0.717) is 11.7 Å². The number of hydrogen-bond acceptors (Lipinski definition) is 2. The number of halogens is 1. The van der Waals surface area contributed by atoms with Gasteiger partial charge in [-0.3, -0.25) is 4.68 Å². The van der Waals surface area contributed by atoms with Crippen molar-refractivity contribution in [3.8, 4) is 0 Å². The molecule has 0 saturated carbocycles. The number of benzene rings is 2. The lowest BCUT2D eigenvalue weighted by molar-refractivity contribution is 0.628. The predicted octanol–water partition coefficient (Wildman–Crippen LogP) is 4.19. The summed E-state index contributed by atoms with van der Waals surface area (Å²) in [6.07, 6.45) is 3.60. The Bertz CT molecular complexity index is 825. The van der Waals surface area contributed by atoms with Crippen molar-refractivity contribution in [1.29, 1.82) is 0 Å². The average molecular weight is 340 g/mol. The molecule has 0 unspecified atom stereocenters. The number of nitrogens with zero attached hydrogens (tertiary/aromatic N) is 2. The third-order valence-corrected chi connectivity index (χ3v) is 3.66. The van der Waals surface area contributed by atoms with Gasteiger partial charge in [-0.05, 0) is 49.0 Å². The number of aromatic nitrogens is 2. The van der Waals surface area contributed by atoms with Crippen molar-refractivity contribution < 1.29 is 4.39 Å². The molecule has 0 fully saturated rings. The van der Waals surface area contributed by atoms with Crippen LogP contribution in [0.2, 0.25) is 0 Å². The first-order valence-corrected chi connectivity index (χ1v) is 7.91. The molecule has 4 nitrogen and oxygen atoms in total. The highest BCUT2D eigenvalue weighted by atomic mass is 32.1. The fraction of sp³-hybridized carbons (Fsp3) is 0.111. The van der Waals surface area contributed by atoms with Crippen molar-refractivity contribution in [3.63, 3.8) is 0 Å². The van der Waals surface area contributed by atoms with E-state index in [2.05, 4.69) is 46.9 Å². The quantitative estimate of drug-likeness (QED) is 0.699. The molecular formula is C18H17FN4S. The normalized spacial score (nSPS) is 10.4. The molecule has 0 aliphatic heterocycles. The first-order chi connectivity index (χ1) is 11.6. The monoisotopic (exact) mass is 340 g/mol. The smallest absolute Gasteiger partial charge is 0.175 e. The molecule has 2 N–H and O–H groups in total. The Morgan fingerprint density at radius 2 is 1.71 bits per heavy atom. The summed E-state index contributed by atoms with van der Waals surface area (Å²) < 4.78 is 14.7. The number of aryl methyl sites for hydroxylation is 1. The molecule has 3 rings (SSSR count). The van der Waals surface area contributed by atoms with Crippen LogP contribution in [0.4, 0.5) is 15.8 Å². The van der Waals surface area contributed by atoms with Crippen molar-refractivity contribution in [2.75, 3.05) is 10.6 Å². The molecule has 24 heavy (non-hydrogen) atoms. The number of nitrogens with one attached hydrogen (secondary N) is 2. The summed E-state index contributed by atoms with van der Waals surface area (Å²) in [5.74, 6) is -0.281. The molecule has 6 heteroatoms. The van der Waals surface area contributed by atoms with E-state index < -0.39 is 0 Å². The first kappa shape index (κ1) is 16.1. The van der Waals surface area contributed by atoms with Gasteiger partial charge in [-0.1, -0.05) is 29.8 Å². The van der Waals surface area contributed by atoms with Crippen LogP contribution in [0.3, 0.4) is 0 Å². The van der Waals surface area contributed by atoms with Crippen molar-refractivity contribution in [3.05, 3.63) is 77.9 Å². The molecular weight excluding hydrogens is 323 g/mol. The van der Waals surface area contributed by atoms with Crippen LogP contribution in [0.1, 0.15) is 11.1 Å². The summed E-state index contributed by atoms with van der Waals surface area (Å²) in [4.78, 5) is 0. The molecule has 0 aliphatic rings. The lowest BCUT2D eigenvalue weighted by atomic mass is 10.1. The van der Waals surface area contributed by atoms with E-state index in [1.54, 1.807) is 18.3 Å². The summed E-state index contributed by atoms with van der Waals surface area (Å²) >= 11 is 5.25. The summed E-state index contributed by atoms with van der Waals surface area (Å²) in [7, 11) is 0. The van der Waals surface area contributed by atoms with E-state index in [4.69, 9.17) is 12.2 Å². The average Bonchev–Trinajstić information content (AvgIpc) is 2.99. The van der Waals surface area contributed by atoms with Crippen molar-refractivity contribution in [1.82, 2.24) is 9.78 Å². The molecule has 122 valence electrons. The van der Waals surface area contributed by atoms with Crippen LogP contribution in [0.5, 0.6) is 0 Å². The van der Waals surface area contributed by atoms with Gasteiger partial charge in [-0.25, -0.2) is 4.39 Å². The Labute approximate surface area is 145 Å². The van der Waals surface area contributed by atoms with Crippen molar-refractivity contribution in [2.45, 2.75) is 13.5 Å². The Morgan fingerprint density at radius 1 is 1.04 bits per heavy atom. The summed E-state index contributed by atoms with van der Waals surface area (Å²) in [6.45, 7) is 2.76. The number of anilines is 2. The fourth-order valence-corrected chi connectivity index (χ4v) is 2.46. The van der Waals surface area contributed by atoms with E-state index >= 15 is 0 Å². The zero-order chi connectivity index (χ0) is 16.9. The van der Waals surface area contributed by atoms with Gasteiger partial charge in [-0.2, -0.15) is 5.10 Å². The van der Waals surface area contributed by atoms with Crippen molar-refractivity contribution >= 4 is 28.7 Å². The molecule has 1 heterocycles. The molecule has 0 atom stereocenters. The van der Waals surface area contributed by atoms with E-state index in [1.807, 2.05) is 10.9 Å². The highest BCUT2D eigenvalue weighted by molar-refractivity contribution is 7.80. The molecule has 1 aromatic heterocycles. The van der Waals surface area contributed by atoms with Gasteiger partial charge in [0.1, 0.15) is 5.82 Å². The number of thiocarbonyl (C=S) groups is 1.